The van der Waals surface area contributed by atoms with Crippen LogP contribution in [0.5, 0.6) is 0 Å². The molecule has 1 fully saturated rings. The topological polar surface area (TPSA) is 91.7 Å². The van der Waals surface area contributed by atoms with E-state index in [1.165, 1.54) is 35.8 Å². The number of aryl methyl sites for hydroxylation is 1. The Labute approximate surface area is 136 Å². The van der Waals surface area contributed by atoms with Gasteiger partial charge in [0.2, 0.25) is 15.9 Å². The van der Waals surface area contributed by atoms with Crippen LogP contribution in [-0.2, 0) is 21.9 Å². The molecule has 0 radical (unpaired) electrons. The summed E-state index contributed by atoms with van der Waals surface area (Å²) in [5, 5.41) is 2.73. The highest BCUT2D eigenvalue weighted by molar-refractivity contribution is 7.89. The Balaban J connectivity index is 2.42. The van der Waals surface area contributed by atoms with Crippen molar-refractivity contribution in [2.45, 2.75) is 24.3 Å². The molecule has 1 saturated heterocycles. The van der Waals surface area contributed by atoms with Gasteiger partial charge >= 0.3 is 0 Å². The van der Waals surface area contributed by atoms with Gasteiger partial charge in [-0.15, -0.1) is 0 Å². The minimum Gasteiger partial charge on any atom is -0.352 e. The number of nitrogens with zero attached hydrogens (tertiary/aromatic N) is 3. The van der Waals surface area contributed by atoms with E-state index >= 15 is 0 Å². The van der Waals surface area contributed by atoms with Crippen molar-refractivity contribution in [3.05, 3.63) is 18.0 Å². The standard InChI is InChI=1S/C14H22N4O4S/c1-14(2)13(20)15-6-7-18(14)12(19)11-8-10(9-17(11)5)23(21,22)16(3)4/h8-9H,6-7H2,1-5H3,(H,15,20). The molecule has 2 amide bonds. The van der Waals surface area contributed by atoms with Crippen LogP contribution >= 0.6 is 0 Å². The van der Waals surface area contributed by atoms with Crippen molar-refractivity contribution in [2.75, 3.05) is 27.2 Å². The fraction of sp³-hybridized carbons (Fsp3) is 0.571. The molecule has 128 valence electrons. The van der Waals surface area contributed by atoms with Crippen molar-refractivity contribution in [1.29, 1.82) is 0 Å². The largest absolute Gasteiger partial charge is 0.352 e. The summed E-state index contributed by atoms with van der Waals surface area (Å²) in [5.41, 5.74) is -0.756. The predicted octanol–water partition coefficient (Wildman–Crippen LogP) is -0.374. The molecule has 0 saturated carbocycles. The fourth-order valence-corrected chi connectivity index (χ4v) is 3.47. The summed E-state index contributed by atoms with van der Waals surface area (Å²) in [7, 11) is 0.855. The van der Waals surface area contributed by atoms with E-state index in [2.05, 4.69) is 5.32 Å². The number of amides is 2. The number of piperazine rings is 1. The van der Waals surface area contributed by atoms with E-state index in [4.69, 9.17) is 0 Å². The maximum atomic E-state index is 12.8. The molecule has 1 N–H and O–H groups in total. The lowest BCUT2D eigenvalue weighted by Crippen LogP contribution is -2.63. The van der Waals surface area contributed by atoms with Crippen LogP contribution in [0, 0.1) is 0 Å². The number of aromatic nitrogens is 1. The van der Waals surface area contributed by atoms with Gasteiger partial charge in [-0.3, -0.25) is 9.59 Å². The van der Waals surface area contributed by atoms with Crippen molar-refractivity contribution in [1.82, 2.24) is 19.1 Å². The number of hydrogen-bond donors (Lipinski definition) is 1. The first-order valence-corrected chi connectivity index (χ1v) is 8.62. The average Bonchev–Trinajstić information content (AvgIpc) is 2.83. The van der Waals surface area contributed by atoms with Gasteiger partial charge < -0.3 is 14.8 Å². The van der Waals surface area contributed by atoms with Crippen molar-refractivity contribution in [3.63, 3.8) is 0 Å². The van der Waals surface area contributed by atoms with Crippen LogP contribution in [0.25, 0.3) is 0 Å². The molecule has 0 unspecified atom stereocenters. The van der Waals surface area contributed by atoms with Gasteiger partial charge in [-0.2, -0.15) is 0 Å². The van der Waals surface area contributed by atoms with E-state index in [1.54, 1.807) is 20.9 Å². The highest BCUT2D eigenvalue weighted by Crippen LogP contribution is 2.23. The molecule has 8 nitrogen and oxygen atoms in total. The molecule has 2 rings (SSSR count). The van der Waals surface area contributed by atoms with Gasteiger partial charge in [-0.1, -0.05) is 0 Å². The molecule has 23 heavy (non-hydrogen) atoms. The first-order valence-electron chi connectivity index (χ1n) is 7.18. The van der Waals surface area contributed by atoms with Gasteiger partial charge in [0.15, 0.2) is 0 Å². The molecule has 2 heterocycles. The molecule has 0 aromatic carbocycles. The Hall–Kier alpha value is -1.87. The van der Waals surface area contributed by atoms with Crippen molar-refractivity contribution < 1.29 is 18.0 Å². The Morgan fingerprint density at radius 3 is 2.52 bits per heavy atom. The number of sulfonamides is 1. The number of carbonyl (C=O) groups excluding carboxylic acids is 2. The summed E-state index contributed by atoms with van der Waals surface area (Å²) in [5.74, 6) is -0.597. The lowest BCUT2D eigenvalue weighted by atomic mass is 9.98. The summed E-state index contributed by atoms with van der Waals surface area (Å²) in [6.45, 7) is 4.08. The lowest BCUT2D eigenvalue weighted by molar-refractivity contribution is -0.133. The third-order valence-corrected chi connectivity index (χ3v) is 5.85. The van der Waals surface area contributed by atoms with Crippen LogP contribution in [0.3, 0.4) is 0 Å². The first kappa shape index (κ1) is 17.5. The monoisotopic (exact) mass is 342 g/mol. The zero-order chi connectivity index (χ0) is 17.6. The van der Waals surface area contributed by atoms with E-state index in [1.807, 2.05) is 0 Å². The van der Waals surface area contributed by atoms with Gasteiger partial charge in [-0.25, -0.2) is 12.7 Å². The highest BCUT2D eigenvalue weighted by Gasteiger charge is 2.41. The molecular formula is C14H22N4O4S. The Morgan fingerprint density at radius 2 is 1.96 bits per heavy atom. The van der Waals surface area contributed by atoms with E-state index in [9.17, 15) is 18.0 Å². The van der Waals surface area contributed by atoms with E-state index in [0.29, 0.717) is 13.1 Å². The minimum absolute atomic E-state index is 0.0487. The van der Waals surface area contributed by atoms with Gasteiger partial charge in [0.05, 0.1) is 0 Å². The van der Waals surface area contributed by atoms with Crippen LogP contribution in [-0.4, -0.2) is 66.7 Å². The normalized spacial score (nSPS) is 18.2. The fourth-order valence-electron chi connectivity index (χ4n) is 2.49. The average molecular weight is 342 g/mol. The van der Waals surface area contributed by atoms with E-state index < -0.39 is 15.6 Å². The Kier molecular flexibility index (Phi) is 4.29. The van der Waals surface area contributed by atoms with Gasteiger partial charge in [0.1, 0.15) is 16.1 Å². The molecule has 1 aliphatic heterocycles. The van der Waals surface area contributed by atoms with Crippen molar-refractivity contribution >= 4 is 21.8 Å². The second kappa shape index (κ2) is 5.64. The lowest BCUT2D eigenvalue weighted by Gasteiger charge is -2.41. The Morgan fingerprint density at radius 1 is 1.35 bits per heavy atom. The molecule has 1 aliphatic rings. The van der Waals surface area contributed by atoms with E-state index in [0.717, 1.165) is 4.31 Å². The van der Waals surface area contributed by atoms with Crippen molar-refractivity contribution in [2.24, 2.45) is 7.05 Å². The second-order valence-electron chi connectivity index (χ2n) is 6.23. The zero-order valence-electron chi connectivity index (χ0n) is 14.0. The minimum atomic E-state index is -3.62. The summed E-state index contributed by atoms with van der Waals surface area (Å²) in [6.07, 6.45) is 1.40. The third kappa shape index (κ3) is 2.86. The summed E-state index contributed by atoms with van der Waals surface area (Å²) < 4.78 is 27.0. The smallest absolute Gasteiger partial charge is 0.271 e. The van der Waals surface area contributed by atoms with Crippen LogP contribution in [0.15, 0.2) is 17.2 Å². The van der Waals surface area contributed by atoms with Crippen LogP contribution in [0.2, 0.25) is 0 Å². The van der Waals surface area contributed by atoms with Gasteiger partial charge in [0.25, 0.3) is 5.91 Å². The third-order valence-electron chi connectivity index (χ3n) is 4.07. The van der Waals surface area contributed by atoms with Crippen LogP contribution < -0.4 is 5.32 Å². The SMILES string of the molecule is CN(C)S(=O)(=O)c1cc(C(=O)N2CCNC(=O)C2(C)C)n(C)c1. The van der Waals surface area contributed by atoms with Crippen LogP contribution in [0.4, 0.5) is 0 Å². The summed E-state index contributed by atoms with van der Waals surface area (Å²) >= 11 is 0. The summed E-state index contributed by atoms with van der Waals surface area (Å²) in [6, 6.07) is 1.35. The van der Waals surface area contributed by atoms with Crippen molar-refractivity contribution in [3.8, 4) is 0 Å². The van der Waals surface area contributed by atoms with Gasteiger partial charge in [-0.05, 0) is 19.9 Å². The second-order valence-corrected chi connectivity index (χ2v) is 8.38. The van der Waals surface area contributed by atoms with Crippen LogP contribution in [0.1, 0.15) is 24.3 Å². The summed E-state index contributed by atoms with van der Waals surface area (Å²) in [4.78, 5) is 26.3. The molecule has 0 atom stereocenters. The number of hydrogen-bond acceptors (Lipinski definition) is 4. The number of rotatable bonds is 3. The molecule has 0 spiro atoms. The number of carbonyl (C=O) groups is 2. The van der Waals surface area contributed by atoms with E-state index in [-0.39, 0.29) is 22.4 Å². The molecule has 0 bridgehead atoms. The Bertz CT molecular complexity index is 749. The molecule has 0 aliphatic carbocycles. The predicted molar refractivity (Wildman–Crippen MR) is 84.4 cm³/mol. The molecule has 9 heteroatoms. The highest BCUT2D eigenvalue weighted by atomic mass is 32.2. The van der Waals surface area contributed by atoms with Gasteiger partial charge in [0, 0.05) is 40.4 Å². The molecule has 1 aromatic rings. The maximum absolute atomic E-state index is 12.8. The quantitative estimate of drug-likeness (QED) is 0.811. The maximum Gasteiger partial charge on any atom is 0.271 e. The molecular weight excluding hydrogens is 320 g/mol. The number of nitrogens with one attached hydrogen (secondary N) is 1. The first-order chi connectivity index (χ1) is 10.5. The zero-order valence-corrected chi connectivity index (χ0v) is 14.8. The molecule has 1 aromatic heterocycles.